The van der Waals surface area contributed by atoms with Crippen molar-refractivity contribution in [3.8, 4) is 0 Å². The fourth-order valence-corrected chi connectivity index (χ4v) is 4.02. The molecule has 0 aliphatic carbocycles. The SMILES string of the molecule is C[C@]12C[C@@H](c3ccccc3F)N(C(=O)CO)[C@H]1CCCC(=O)N2. The second-order valence-electron chi connectivity index (χ2n) is 6.57. The van der Waals surface area contributed by atoms with E-state index in [-0.39, 0.29) is 17.8 Å². The van der Waals surface area contributed by atoms with Crippen molar-refractivity contribution in [3.63, 3.8) is 0 Å². The maximum atomic E-state index is 14.3. The van der Waals surface area contributed by atoms with E-state index in [9.17, 15) is 19.1 Å². The summed E-state index contributed by atoms with van der Waals surface area (Å²) < 4.78 is 14.3. The van der Waals surface area contributed by atoms with Crippen LogP contribution in [0.3, 0.4) is 0 Å². The lowest BCUT2D eigenvalue weighted by atomic mass is 9.88. The van der Waals surface area contributed by atoms with Crippen LogP contribution in [0, 0.1) is 5.82 Å². The molecule has 6 heteroatoms. The Kier molecular flexibility index (Phi) is 4.10. The summed E-state index contributed by atoms with van der Waals surface area (Å²) in [5.74, 6) is -0.844. The van der Waals surface area contributed by atoms with Crippen molar-refractivity contribution in [2.75, 3.05) is 6.61 Å². The molecule has 0 saturated carbocycles. The van der Waals surface area contributed by atoms with Crippen molar-refractivity contribution in [2.24, 2.45) is 0 Å². The third kappa shape index (κ3) is 2.72. The summed E-state index contributed by atoms with van der Waals surface area (Å²) in [5.41, 5.74) is -0.177. The van der Waals surface area contributed by atoms with Crippen LogP contribution >= 0.6 is 0 Å². The number of fused-ring (bicyclic) bond motifs is 1. The lowest BCUT2D eigenvalue weighted by Crippen LogP contribution is -2.54. The summed E-state index contributed by atoms with van der Waals surface area (Å²) in [6.07, 6.45) is 2.20. The molecule has 1 aromatic carbocycles. The Bertz CT molecular complexity index is 636. The minimum absolute atomic E-state index is 0.0411. The molecule has 2 fully saturated rings. The Morgan fingerprint density at radius 3 is 2.91 bits per heavy atom. The number of nitrogens with one attached hydrogen (secondary N) is 1. The zero-order chi connectivity index (χ0) is 16.6. The van der Waals surface area contributed by atoms with Gasteiger partial charge in [0.05, 0.1) is 17.6 Å². The highest BCUT2D eigenvalue weighted by atomic mass is 19.1. The Labute approximate surface area is 134 Å². The Morgan fingerprint density at radius 1 is 1.48 bits per heavy atom. The Hall–Kier alpha value is -1.95. The minimum Gasteiger partial charge on any atom is -0.387 e. The first-order valence-corrected chi connectivity index (χ1v) is 7.94. The van der Waals surface area contributed by atoms with E-state index in [4.69, 9.17) is 0 Å². The molecule has 2 aliphatic heterocycles. The minimum atomic E-state index is -0.620. The molecule has 0 radical (unpaired) electrons. The van der Waals surface area contributed by atoms with Crippen molar-refractivity contribution < 1.29 is 19.1 Å². The largest absolute Gasteiger partial charge is 0.387 e. The molecular weight excluding hydrogens is 299 g/mol. The van der Waals surface area contributed by atoms with E-state index in [1.807, 2.05) is 6.92 Å². The van der Waals surface area contributed by atoms with Crippen molar-refractivity contribution in [1.82, 2.24) is 10.2 Å². The third-order valence-electron chi connectivity index (χ3n) is 5.02. The molecule has 2 saturated heterocycles. The number of rotatable bonds is 2. The molecular formula is C17H21FN2O3. The van der Waals surface area contributed by atoms with Crippen LogP contribution in [0.25, 0.3) is 0 Å². The Balaban J connectivity index is 2.04. The van der Waals surface area contributed by atoms with Gasteiger partial charge >= 0.3 is 0 Å². The molecule has 2 N–H and O–H groups in total. The van der Waals surface area contributed by atoms with Gasteiger partial charge in [-0.15, -0.1) is 0 Å². The van der Waals surface area contributed by atoms with Gasteiger partial charge < -0.3 is 15.3 Å². The van der Waals surface area contributed by atoms with Crippen LogP contribution in [0.5, 0.6) is 0 Å². The monoisotopic (exact) mass is 320 g/mol. The van der Waals surface area contributed by atoms with Crippen LogP contribution in [0.2, 0.25) is 0 Å². The van der Waals surface area contributed by atoms with Crippen LogP contribution in [-0.2, 0) is 9.59 Å². The highest BCUT2D eigenvalue weighted by Crippen LogP contribution is 2.45. The standard InChI is InChI=1S/C17H21FN2O3/c1-17-9-13(11-5-2-3-6-12(11)18)20(16(23)10-21)14(17)7-4-8-15(22)19-17/h2-3,5-6,13-14,21H,4,7-10H2,1H3,(H,19,22)/t13-,14-,17-/m0/s1. The van der Waals surface area contributed by atoms with Crippen LogP contribution in [0.15, 0.2) is 24.3 Å². The number of benzene rings is 1. The number of aliphatic hydroxyl groups is 1. The predicted molar refractivity (Wildman–Crippen MR) is 81.9 cm³/mol. The number of hydrogen-bond donors (Lipinski definition) is 2. The van der Waals surface area contributed by atoms with Crippen LogP contribution in [-0.4, -0.2) is 40.0 Å². The smallest absolute Gasteiger partial charge is 0.249 e. The number of carbonyl (C=O) groups is 2. The van der Waals surface area contributed by atoms with Gasteiger partial charge in [-0.25, -0.2) is 4.39 Å². The number of hydrogen-bond acceptors (Lipinski definition) is 3. The van der Waals surface area contributed by atoms with E-state index in [0.717, 1.165) is 0 Å². The topological polar surface area (TPSA) is 69.6 Å². The van der Waals surface area contributed by atoms with Gasteiger partial charge in [-0.3, -0.25) is 9.59 Å². The van der Waals surface area contributed by atoms with Gasteiger partial charge in [0.2, 0.25) is 11.8 Å². The van der Waals surface area contributed by atoms with Gasteiger partial charge in [0.1, 0.15) is 12.4 Å². The second kappa shape index (κ2) is 5.92. The van der Waals surface area contributed by atoms with Gasteiger partial charge in [-0.2, -0.15) is 0 Å². The number of likely N-dealkylation sites (tertiary alicyclic amines) is 1. The first kappa shape index (κ1) is 15.9. The van der Waals surface area contributed by atoms with Crippen LogP contribution in [0.4, 0.5) is 4.39 Å². The van der Waals surface area contributed by atoms with Crippen molar-refractivity contribution in [1.29, 1.82) is 0 Å². The molecule has 3 rings (SSSR count). The summed E-state index contributed by atoms with van der Waals surface area (Å²) in [7, 11) is 0. The first-order chi connectivity index (χ1) is 11.0. The van der Waals surface area contributed by atoms with E-state index < -0.39 is 24.1 Å². The maximum absolute atomic E-state index is 14.3. The maximum Gasteiger partial charge on any atom is 0.249 e. The summed E-state index contributed by atoms with van der Waals surface area (Å²) >= 11 is 0. The van der Waals surface area contributed by atoms with E-state index in [0.29, 0.717) is 31.2 Å². The van der Waals surface area contributed by atoms with Gasteiger partial charge in [-0.05, 0) is 32.3 Å². The van der Waals surface area contributed by atoms with Gasteiger partial charge in [-0.1, -0.05) is 18.2 Å². The lowest BCUT2D eigenvalue weighted by molar-refractivity contribution is -0.138. The summed E-state index contributed by atoms with van der Waals surface area (Å²) in [5, 5.41) is 12.4. The van der Waals surface area contributed by atoms with Gasteiger partial charge in [0, 0.05) is 12.0 Å². The molecule has 3 atom stereocenters. The molecule has 0 bridgehead atoms. The lowest BCUT2D eigenvalue weighted by Gasteiger charge is -2.34. The fraction of sp³-hybridized carbons (Fsp3) is 0.529. The third-order valence-corrected chi connectivity index (χ3v) is 5.02. The van der Waals surface area contributed by atoms with E-state index in [2.05, 4.69) is 5.32 Å². The van der Waals surface area contributed by atoms with Crippen molar-refractivity contribution in [2.45, 2.75) is 50.2 Å². The fourth-order valence-electron chi connectivity index (χ4n) is 4.02. The molecule has 1 aromatic rings. The Morgan fingerprint density at radius 2 is 2.22 bits per heavy atom. The molecule has 0 spiro atoms. The number of nitrogens with zero attached hydrogens (tertiary/aromatic N) is 1. The van der Waals surface area contributed by atoms with E-state index >= 15 is 0 Å². The molecule has 0 unspecified atom stereocenters. The van der Waals surface area contributed by atoms with E-state index in [1.165, 1.54) is 6.07 Å². The van der Waals surface area contributed by atoms with Crippen molar-refractivity contribution >= 4 is 11.8 Å². The zero-order valence-corrected chi connectivity index (χ0v) is 13.1. The molecule has 0 aromatic heterocycles. The number of carbonyl (C=O) groups excluding carboxylic acids is 2. The normalized spacial score (nSPS) is 30.6. The number of amides is 2. The molecule has 124 valence electrons. The van der Waals surface area contributed by atoms with Crippen molar-refractivity contribution in [3.05, 3.63) is 35.6 Å². The summed E-state index contributed by atoms with van der Waals surface area (Å²) in [6, 6.07) is 5.64. The first-order valence-electron chi connectivity index (χ1n) is 7.94. The van der Waals surface area contributed by atoms with Gasteiger partial charge in [0.25, 0.3) is 0 Å². The molecule has 23 heavy (non-hydrogen) atoms. The molecule has 2 amide bonds. The zero-order valence-electron chi connectivity index (χ0n) is 13.1. The average molecular weight is 320 g/mol. The quantitative estimate of drug-likeness (QED) is 0.868. The van der Waals surface area contributed by atoms with Crippen LogP contribution in [0.1, 0.15) is 44.2 Å². The highest BCUT2D eigenvalue weighted by Gasteiger charge is 2.53. The number of halogens is 1. The van der Waals surface area contributed by atoms with E-state index in [1.54, 1.807) is 23.1 Å². The van der Waals surface area contributed by atoms with Gasteiger partial charge in [0.15, 0.2) is 0 Å². The highest BCUT2D eigenvalue weighted by molar-refractivity contribution is 5.81. The molecule has 2 aliphatic rings. The molecule has 2 heterocycles. The predicted octanol–water partition coefficient (Wildman–Crippen LogP) is 1.52. The summed E-state index contributed by atoms with van der Waals surface area (Å²) in [6.45, 7) is 1.28. The average Bonchev–Trinajstić information content (AvgIpc) is 2.70. The number of aliphatic hydroxyl groups excluding tert-OH is 1. The molecule has 5 nitrogen and oxygen atoms in total. The second-order valence-corrected chi connectivity index (χ2v) is 6.57. The summed E-state index contributed by atoms with van der Waals surface area (Å²) in [4.78, 5) is 25.9. The van der Waals surface area contributed by atoms with Crippen LogP contribution < -0.4 is 5.32 Å².